The van der Waals surface area contributed by atoms with Gasteiger partial charge in [0.15, 0.2) is 11.6 Å². The molecule has 0 saturated heterocycles. The van der Waals surface area contributed by atoms with Crippen molar-refractivity contribution in [1.29, 1.82) is 0 Å². The van der Waals surface area contributed by atoms with Crippen molar-refractivity contribution in [1.82, 2.24) is 9.38 Å². The molecule has 0 atom stereocenters. The Kier molecular flexibility index (Phi) is 7.51. The molecule has 1 aromatic carbocycles. The second-order valence-electron chi connectivity index (χ2n) is 8.29. The molecule has 2 heterocycles. The number of carbonyl (C=O) groups is 1. The quantitative estimate of drug-likeness (QED) is 0.290. The number of methoxy groups -OCH3 is 2. The number of hydrogen-bond donors (Lipinski definition) is 2. The minimum atomic E-state index is -0.634. The Bertz CT molecular complexity index is 1280. The second-order valence-corrected chi connectivity index (χ2v) is 10.2. The maximum atomic E-state index is 15.0. The van der Waals surface area contributed by atoms with Crippen LogP contribution >= 0.6 is 11.8 Å². The summed E-state index contributed by atoms with van der Waals surface area (Å²) in [4.78, 5) is 21.8. The first kappa shape index (κ1) is 25.1. The Morgan fingerprint density at radius 3 is 2.59 bits per heavy atom. The van der Waals surface area contributed by atoms with Crippen LogP contribution in [0.3, 0.4) is 0 Å². The fraction of sp³-hybridized carbons (Fsp3) is 0.292. The topological polar surface area (TPSA) is 103 Å². The van der Waals surface area contributed by atoms with Gasteiger partial charge < -0.3 is 20.5 Å². The SMILES string of the molecule is CN=C/C(=C\N)C(=O)Nc1cc(-c2cnc3cc(OC)c(SC(C)(C)C)cn23)cc(F)c1OC. The number of aromatic nitrogens is 2. The molecule has 3 N–H and O–H groups in total. The molecular weight excluding hydrogens is 457 g/mol. The number of nitrogens with zero attached hydrogens (tertiary/aromatic N) is 3. The smallest absolute Gasteiger partial charge is 0.258 e. The van der Waals surface area contributed by atoms with Gasteiger partial charge in [-0.05, 0) is 12.1 Å². The molecule has 0 fully saturated rings. The normalized spacial score (nSPS) is 12.4. The van der Waals surface area contributed by atoms with Gasteiger partial charge in [0.1, 0.15) is 11.4 Å². The number of thioether (sulfide) groups is 1. The van der Waals surface area contributed by atoms with E-state index in [0.717, 1.165) is 11.1 Å². The van der Waals surface area contributed by atoms with Gasteiger partial charge in [-0.3, -0.25) is 14.2 Å². The van der Waals surface area contributed by atoms with Gasteiger partial charge in [-0.15, -0.1) is 11.8 Å². The van der Waals surface area contributed by atoms with E-state index >= 15 is 4.39 Å². The van der Waals surface area contributed by atoms with E-state index in [0.29, 0.717) is 22.7 Å². The molecule has 3 rings (SSSR count). The average Bonchev–Trinajstić information content (AvgIpc) is 3.18. The van der Waals surface area contributed by atoms with Crippen molar-refractivity contribution >= 4 is 35.2 Å². The lowest BCUT2D eigenvalue weighted by atomic mass is 10.1. The summed E-state index contributed by atoms with van der Waals surface area (Å²) in [5.41, 5.74) is 7.57. The highest BCUT2D eigenvalue weighted by atomic mass is 32.2. The minimum absolute atomic E-state index is 0.0542. The van der Waals surface area contributed by atoms with Crippen LogP contribution in [0, 0.1) is 5.82 Å². The Balaban J connectivity index is 2.13. The Morgan fingerprint density at radius 1 is 1.26 bits per heavy atom. The molecule has 1 amide bonds. The van der Waals surface area contributed by atoms with Crippen LogP contribution in [0.15, 0.2) is 52.3 Å². The van der Waals surface area contributed by atoms with Crippen LogP contribution in [0.4, 0.5) is 10.1 Å². The van der Waals surface area contributed by atoms with Gasteiger partial charge in [0.2, 0.25) is 0 Å². The van der Waals surface area contributed by atoms with E-state index in [2.05, 4.69) is 36.1 Å². The van der Waals surface area contributed by atoms with Crippen molar-refractivity contribution in [2.45, 2.75) is 30.4 Å². The number of nitrogens with one attached hydrogen (secondary N) is 1. The summed E-state index contributed by atoms with van der Waals surface area (Å²) < 4.78 is 27.6. The molecule has 180 valence electrons. The zero-order chi connectivity index (χ0) is 25.0. The van der Waals surface area contributed by atoms with Gasteiger partial charge >= 0.3 is 0 Å². The third-order valence-electron chi connectivity index (χ3n) is 4.71. The first-order chi connectivity index (χ1) is 16.1. The van der Waals surface area contributed by atoms with Crippen LogP contribution in [-0.2, 0) is 4.79 Å². The van der Waals surface area contributed by atoms with E-state index in [4.69, 9.17) is 15.2 Å². The monoisotopic (exact) mass is 485 g/mol. The fourth-order valence-electron chi connectivity index (χ4n) is 3.32. The van der Waals surface area contributed by atoms with E-state index in [1.165, 1.54) is 26.4 Å². The van der Waals surface area contributed by atoms with Gasteiger partial charge in [0, 0.05) is 42.0 Å². The van der Waals surface area contributed by atoms with Crippen LogP contribution < -0.4 is 20.5 Å². The van der Waals surface area contributed by atoms with Gasteiger partial charge in [-0.25, -0.2) is 9.37 Å². The highest BCUT2D eigenvalue weighted by molar-refractivity contribution is 8.00. The lowest BCUT2D eigenvalue weighted by Crippen LogP contribution is -2.17. The molecule has 10 heteroatoms. The molecule has 0 radical (unpaired) electrons. The fourth-order valence-corrected chi connectivity index (χ4v) is 4.38. The largest absolute Gasteiger partial charge is 0.495 e. The van der Waals surface area contributed by atoms with E-state index in [9.17, 15) is 4.79 Å². The number of nitrogens with two attached hydrogens (primary N) is 1. The van der Waals surface area contributed by atoms with E-state index in [-0.39, 0.29) is 21.8 Å². The Hall–Kier alpha value is -3.53. The Labute approximate surface area is 202 Å². The summed E-state index contributed by atoms with van der Waals surface area (Å²) in [7, 11) is 4.46. The number of pyridine rings is 1. The third-order valence-corrected chi connectivity index (χ3v) is 5.85. The number of rotatable bonds is 7. The standard InChI is InChI=1S/C24H28FN5O3S/c1-24(2,3)34-20-13-30-18(12-28-21(30)9-19(20)32-5)14-7-16(25)22(33-6)17(8-14)29-23(31)15(10-26)11-27-4/h7-13H,26H2,1-6H3,(H,29,31)/b15-10+,27-11?. The number of ether oxygens (including phenoxy) is 2. The highest BCUT2D eigenvalue weighted by Gasteiger charge is 2.20. The summed E-state index contributed by atoms with van der Waals surface area (Å²) in [6, 6.07) is 4.80. The number of halogens is 1. The number of imidazole rings is 1. The molecular formula is C24H28FN5O3S. The summed E-state index contributed by atoms with van der Waals surface area (Å²) >= 11 is 1.65. The lowest BCUT2D eigenvalue weighted by Gasteiger charge is -2.20. The maximum absolute atomic E-state index is 15.0. The van der Waals surface area contributed by atoms with Crippen LogP contribution in [0.5, 0.6) is 11.5 Å². The molecule has 0 unspecified atom stereocenters. The second kappa shape index (κ2) is 10.2. The first-order valence-corrected chi connectivity index (χ1v) is 11.2. The molecule has 0 bridgehead atoms. The number of hydrogen-bond acceptors (Lipinski definition) is 7. The number of aliphatic imine (C=N–C) groups is 1. The van der Waals surface area contributed by atoms with Crippen molar-refractivity contribution in [3.05, 3.63) is 48.2 Å². The predicted octanol–water partition coefficient (Wildman–Crippen LogP) is 4.53. The van der Waals surface area contributed by atoms with Crippen LogP contribution in [-0.4, -0.2) is 47.5 Å². The summed E-state index contributed by atoms with van der Waals surface area (Å²) in [6.07, 6.45) is 6.00. The van der Waals surface area contributed by atoms with E-state index < -0.39 is 11.7 Å². The van der Waals surface area contributed by atoms with Crippen LogP contribution in [0.1, 0.15) is 20.8 Å². The number of fused-ring (bicyclic) bond motifs is 1. The van der Waals surface area contributed by atoms with Crippen molar-refractivity contribution in [3.63, 3.8) is 0 Å². The molecule has 3 aromatic rings. The predicted molar refractivity (Wildman–Crippen MR) is 135 cm³/mol. The van der Waals surface area contributed by atoms with Crippen molar-refractivity contribution < 1.29 is 18.7 Å². The van der Waals surface area contributed by atoms with Gasteiger partial charge in [0.05, 0.1) is 42.3 Å². The Morgan fingerprint density at radius 2 is 2.00 bits per heavy atom. The van der Waals surface area contributed by atoms with Gasteiger partial charge in [-0.1, -0.05) is 20.8 Å². The zero-order valence-corrected chi connectivity index (χ0v) is 20.8. The molecule has 34 heavy (non-hydrogen) atoms. The van der Waals surface area contributed by atoms with Crippen molar-refractivity contribution in [2.24, 2.45) is 10.7 Å². The summed E-state index contributed by atoms with van der Waals surface area (Å²) in [5.74, 6) is -0.571. The van der Waals surface area contributed by atoms with E-state index in [1.54, 1.807) is 31.1 Å². The highest BCUT2D eigenvalue weighted by Crippen LogP contribution is 2.40. The van der Waals surface area contributed by atoms with E-state index in [1.807, 2.05) is 16.7 Å². The minimum Gasteiger partial charge on any atom is -0.495 e. The molecule has 0 aliphatic carbocycles. The molecule has 0 spiro atoms. The van der Waals surface area contributed by atoms with Crippen molar-refractivity contribution in [2.75, 3.05) is 26.6 Å². The number of amides is 1. The average molecular weight is 486 g/mol. The zero-order valence-electron chi connectivity index (χ0n) is 20.0. The van der Waals surface area contributed by atoms with Crippen molar-refractivity contribution in [3.8, 4) is 22.8 Å². The molecule has 8 nitrogen and oxygen atoms in total. The molecule has 0 aliphatic rings. The molecule has 0 saturated carbocycles. The third kappa shape index (κ3) is 5.33. The van der Waals surface area contributed by atoms with Crippen LogP contribution in [0.2, 0.25) is 0 Å². The number of benzene rings is 1. The molecule has 2 aromatic heterocycles. The molecule has 0 aliphatic heterocycles. The number of anilines is 1. The van der Waals surface area contributed by atoms with Crippen LogP contribution in [0.25, 0.3) is 16.9 Å². The van der Waals surface area contributed by atoms with Gasteiger partial charge in [-0.2, -0.15) is 0 Å². The number of carbonyl (C=O) groups excluding carboxylic acids is 1. The summed E-state index contributed by atoms with van der Waals surface area (Å²) in [5, 5.41) is 2.65. The summed E-state index contributed by atoms with van der Waals surface area (Å²) in [6.45, 7) is 6.33. The lowest BCUT2D eigenvalue weighted by molar-refractivity contribution is -0.112. The first-order valence-electron chi connectivity index (χ1n) is 10.4. The maximum Gasteiger partial charge on any atom is 0.258 e. The van der Waals surface area contributed by atoms with Gasteiger partial charge in [0.25, 0.3) is 5.91 Å².